The lowest BCUT2D eigenvalue weighted by atomic mass is 10.0. The van der Waals surface area contributed by atoms with Crippen LogP contribution in [0.4, 0.5) is 0 Å². The highest BCUT2D eigenvalue weighted by Crippen LogP contribution is 2.21. The van der Waals surface area contributed by atoms with E-state index in [0.717, 1.165) is 5.56 Å². The molecule has 0 saturated heterocycles. The molecule has 0 atom stereocenters. The summed E-state index contributed by atoms with van der Waals surface area (Å²) >= 11 is 3.26. The molecule has 2 aromatic rings. The topological polar surface area (TPSA) is 46.2 Å². The Morgan fingerprint density at radius 1 is 1.05 bits per heavy atom. The number of rotatable bonds is 5. The second kappa shape index (κ2) is 6.73. The number of benzene rings is 2. The summed E-state index contributed by atoms with van der Waals surface area (Å²) in [4.78, 5) is 0.254. The van der Waals surface area contributed by atoms with Crippen LogP contribution in [0.25, 0.3) is 0 Å². The molecule has 0 spiro atoms. The lowest BCUT2D eigenvalue weighted by Gasteiger charge is -2.10. The first kappa shape index (κ1) is 16.2. The minimum atomic E-state index is -3.51. The van der Waals surface area contributed by atoms with E-state index in [-0.39, 0.29) is 11.4 Å². The molecule has 112 valence electrons. The predicted octanol–water partition coefficient (Wildman–Crippen LogP) is 4.05. The highest BCUT2D eigenvalue weighted by atomic mass is 79.9. The fraction of sp³-hybridized carbons (Fsp3) is 0.250. The molecule has 1 N–H and O–H groups in total. The third kappa shape index (κ3) is 4.15. The number of nitrogens with one attached hydrogen (secondary N) is 1. The van der Waals surface area contributed by atoms with Crippen LogP contribution in [-0.2, 0) is 16.6 Å². The normalized spacial score (nSPS) is 11.8. The van der Waals surface area contributed by atoms with Crippen LogP contribution in [0.1, 0.15) is 30.9 Å². The summed E-state index contributed by atoms with van der Waals surface area (Å²) in [6.07, 6.45) is 0. The van der Waals surface area contributed by atoms with Crippen LogP contribution in [0.15, 0.2) is 57.9 Å². The van der Waals surface area contributed by atoms with E-state index >= 15 is 0 Å². The van der Waals surface area contributed by atoms with Crippen molar-refractivity contribution in [1.29, 1.82) is 0 Å². The van der Waals surface area contributed by atoms with Crippen LogP contribution in [0, 0.1) is 0 Å². The summed E-state index contributed by atoms with van der Waals surface area (Å²) in [5, 5.41) is 0. The molecular weight excluding hydrogens is 350 g/mol. The maximum Gasteiger partial charge on any atom is 0.241 e. The molecular formula is C16H18BrNO2S. The molecule has 0 fully saturated rings. The van der Waals surface area contributed by atoms with Gasteiger partial charge in [0.25, 0.3) is 0 Å². The van der Waals surface area contributed by atoms with E-state index in [9.17, 15) is 8.42 Å². The second-order valence-corrected chi connectivity index (χ2v) is 7.74. The molecule has 0 aliphatic heterocycles. The van der Waals surface area contributed by atoms with E-state index in [1.54, 1.807) is 24.3 Å². The maximum atomic E-state index is 12.3. The van der Waals surface area contributed by atoms with Crippen molar-refractivity contribution >= 4 is 26.0 Å². The molecule has 2 rings (SSSR count). The van der Waals surface area contributed by atoms with Gasteiger partial charge in [0, 0.05) is 11.0 Å². The average Bonchev–Trinajstić information content (AvgIpc) is 2.46. The summed E-state index contributed by atoms with van der Waals surface area (Å²) in [6.45, 7) is 4.54. The van der Waals surface area contributed by atoms with Crippen molar-refractivity contribution in [2.75, 3.05) is 0 Å². The summed E-state index contributed by atoms with van der Waals surface area (Å²) in [6, 6.07) is 14.8. The smallest absolute Gasteiger partial charge is 0.207 e. The Labute approximate surface area is 134 Å². The summed E-state index contributed by atoms with van der Waals surface area (Å²) < 4.78 is 27.7. The van der Waals surface area contributed by atoms with Crippen LogP contribution in [0.3, 0.4) is 0 Å². The van der Waals surface area contributed by atoms with Gasteiger partial charge in [-0.2, -0.15) is 0 Å². The molecule has 0 saturated carbocycles. The summed E-state index contributed by atoms with van der Waals surface area (Å²) in [5.41, 5.74) is 2.18. The quantitative estimate of drug-likeness (QED) is 0.866. The average molecular weight is 368 g/mol. The first-order chi connectivity index (χ1) is 9.90. The van der Waals surface area contributed by atoms with Crippen molar-refractivity contribution in [2.24, 2.45) is 0 Å². The third-order valence-corrected chi connectivity index (χ3v) is 5.65. The third-order valence-electron chi connectivity index (χ3n) is 3.24. The molecule has 0 bridgehead atoms. The standard InChI is InChI=1S/C16H18BrNO2S/c1-12(2)14-9-7-13(8-10-14)11-18-21(19,20)16-6-4-3-5-15(16)17/h3-10,12,18H,11H2,1-2H3. The van der Waals surface area contributed by atoms with E-state index in [0.29, 0.717) is 10.4 Å². The van der Waals surface area contributed by atoms with Gasteiger partial charge >= 0.3 is 0 Å². The molecule has 0 amide bonds. The summed E-state index contributed by atoms with van der Waals surface area (Å²) in [7, 11) is -3.51. The first-order valence-electron chi connectivity index (χ1n) is 6.73. The molecule has 0 heterocycles. The lowest BCUT2D eigenvalue weighted by Crippen LogP contribution is -2.23. The molecule has 0 aliphatic carbocycles. The Morgan fingerprint density at radius 3 is 2.24 bits per heavy atom. The fourth-order valence-electron chi connectivity index (χ4n) is 1.94. The molecule has 5 heteroatoms. The van der Waals surface area contributed by atoms with E-state index in [2.05, 4.69) is 34.5 Å². The zero-order chi connectivity index (χ0) is 15.5. The Bertz CT molecular complexity index is 709. The molecule has 0 aliphatic rings. The van der Waals surface area contributed by atoms with Crippen molar-refractivity contribution in [1.82, 2.24) is 4.72 Å². The molecule has 2 aromatic carbocycles. The van der Waals surface area contributed by atoms with Gasteiger partial charge in [0.1, 0.15) is 0 Å². The second-order valence-electron chi connectivity index (χ2n) is 5.15. The molecule has 21 heavy (non-hydrogen) atoms. The highest BCUT2D eigenvalue weighted by Gasteiger charge is 2.16. The minimum absolute atomic E-state index is 0.254. The van der Waals surface area contributed by atoms with Gasteiger partial charge in [0.2, 0.25) is 10.0 Å². The van der Waals surface area contributed by atoms with Crippen molar-refractivity contribution < 1.29 is 8.42 Å². The largest absolute Gasteiger partial charge is 0.241 e. The van der Waals surface area contributed by atoms with Crippen molar-refractivity contribution in [3.05, 3.63) is 64.1 Å². The zero-order valence-corrected chi connectivity index (χ0v) is 14.4. The van der Waals surface area contributed by atoms with Gasteiger partial charge in [0.15, 0.2) is 0 Å². The van der Waals surface area contributed by atoms with Crippen LogP contribution < -0.4 is 4.72 Å². The van der Waals surface area contributed by atoms with Gasteiger partial charge in [0.05, 0.1) is 4.90 Å². The van der Waals surface area contributed by atoms with Crippen molar-refractivity contribution in [3.8, 4) is 0 Å². The van der Waals surface area contributed by atoms with Crippen LogP contribution in [0.5, 0.6) is 0 Å². The zero-order valence-electron chi connectivity index (χ0n) is 12.0. The summed E-state index contributed by atoms with van der Waals surface area (Å²) in [5.74, 6) is 0.469. The van der Waals surface area contributed by atoms with Gasteiger partial charge in [-0.25, -0.2) is 13.1 Å². The highest BCUT2D eigenvalue weighted by molar-refractivity contribution is 9.10. The van der Waals surface area contributed by atoms with E-state index in [1.165, 1.54) is 5.56 Å². The van der Waals surface area contributed by atoms with Gasteiger partial charge < -0.3 is 0 Å². The molecule has 0 aromatic heterocycles. The number of hydrogen-bond donors (Lipinski definition) is 1. The van der Waals surface area contributed by atoms with Crippen LogP contribution in [0.2, 0.25) is 0 Å². The van der Waals surface area contributed by atoms with Crippen molar-refractivity contribution in [2.45, 2.75) is 31.2 Å². The van der Waals surface area contributed by atoms with Gasteiger partial charge in [-0.05, 0) is 45.1 Å². The number of hydrogen-bond acceptors (Lipinski definition) is 2. The van der Waals surface area contributed by atoms with Crippen LogP contribution >= 0.6 is 15.9 Å². The van der Waals surface area contributed by atoms with E-state index < -0.39 is 10.0 Å². The minimum Gasteiger partial charge on any atom is -0.207 e. The van der Waals surface area contributed by atoms with Crippen LogP contribution in [-0.4, -0.2) is 8.42 Å². The fourth-order valence-corrected chi connectivity index (χ4v) is 3.96. The Balaban J connectivity index is 2.10. The maximum absolute atomic E-state index is 12.3. The monoisotopic (exact) mass is 367 g/mol. The van der Waals surface area contributed by atoms with E-state index in [4.69, 9.17) is 0 Å². The Morgan fingerprint density at radius 2 is 1.67 bits per heavy atom. The van der Waals surface area contributed by atoms with E-state index in [1.807, 2.05) is 24.3 Å². The van der Waals surface area contributed by atoms with Gasteiger partial charge in [-0.15, -0.1) is 0 Å². The Kier molecular flexibility index (Phi) is 5.19. The first-order valence-corrected chi connectivity index (χ1v) is 9.01. The van der Waals surface area contributed by atoms with Crippen molar-refractivity contribution in [3.63, 3.8) is 0 Å². The van der Waals surface area contributed by atoms with Gasteiger partial charge in [-0.1, -0.05) is 50.2 Å². The van der Waals surface area contributed by atoms with Gasteiger partial charge in [-0.3, -0.25) is 0 Å². The Hall–Kier alpha value is -1.17. The molecule has 0 unspecified atom stereocenters. The molecule has 3 nitrogen and oxygen atoms in total. The SMILES string of the molecule is CC(C)c1ccc(CNS(=O)(=O)c2ccccc2Br)cc1. The predicted molar refractivity (Wildman–Crippen MR) is 88.7 cm³/mol. The lowest BCUT2D eigenvalue weighted by molar-refractivity contribution is 0.581. The number of sulfonamides is 1. The molecule has 0 radical (unpaired) electrons. The number of halogens is 1.